The first-order chi connectivity index (χ1) is 7.76. The molecule has 0 N–H and O–H groups in total. The van der Waals surface area contributed by atoms with Gasteiger partial charge in [0.15, 0.2) is 0 Å². The van der Waals surface area contributed by atoms with Gasteiger partial charge in [0.2, 0.25) is 0 Å². The lowest BCUT2D eigenvalue weighted by molar-refractivity contribution is 0.840. The summed E-state index contributed by atoms with van der Waals surface area (Å²) >= 11 is 0. The van der Waals surface area contributed by atoms with Crippen LogP contribution in [0.5, 0.6) is 0 Å². The van der Waals surface area contributed by atoms with E-state index < -0.39 is 0 Å². The molecule has 0 radical (unpaired) electrons. The molecule has 0 atom stereocenters. The zero-order valence-corrected chi connectivity index (χ0v) is 9.55. The van der Waals surface area contributed by atoms with Crippen molar-refractivity contribution in [1.82, 2.24) is 9.38 Å². The van der Waals surface area contributed by atoms with Crippen LogP contribution in [-0.4, -0.2) is 22.5 Å². The Morgan fingerprint density at radius 2 is 2.06 bits per heavy atom. The first kappa shape index (κ1) is 10.7. The van der Waals surface area contributed by atoms with Crippen LogP contribution in [0.4, 0.5) is 5.82 Å². The van der Waals surface area contributed by atoms with Crippen LogP contribution in [0.3, 0.4) is 0 Å². The van der Waals surface area contributed by atoms with Crippen molar-refractivity contribution >= 4 is 11.5 Å². The molecule has 0 aliphatic rings. The summed E-state index contributed by atoms with van der Waals surface area (Å²) in [4.78, 5) is 18.4. The highest BCUT2D eigenvalue weighted by molar-refractivity contribution is 5.47. The van der Waals surface area contributed by atoms with E-state index in [4.69, 9.17) is 0 Å². The number of rotatable bonds is 3. The van der Waals surface area contributed by atoms with Crippen molar-refractivity contribution in [3.63, 3.8) is 0 Å². The van der Waals surface area contributed by atoms with E-state index in [1.165, 1.54) is 0 Å². The third kappa shape index (κ3) is 1.78. The lowest BCUT2D eigenvalue weighted by Gasteiger charge is -2.19. The highest BCUT2D eigenvalue weighted by atomic mass is 16.1. The summed E-state index contributed by atoms with van der Waals surface area (Å²) in [7, 11) is 0. The van der Waals surface area contributed by atoms with Gasteiger partial charge in [0.25, 0.3) is 5.56 Å². The van der Waals surface area contributed by atoms with Crippen molar-refractivity contribution in [2.45, 2.75) is 13.8 Å². The first-order valence-electron chi connectivity index (χ1n) is 5.49. The molecule has 2 aromatic rings. The molecule has 0 fully saturated rings. The van der Waals surface area contributed by atoms with Crippen LogP contribution in [-0.2, 0) is 0 Å². The van der Waals surface area contributed by atoms with Crippen molar-refractivity contribution in [1.29, 1.82) is 0 Å². The fourth-order valence-corrected chi connectivity index (χ4v) is 1.75. The van der Waals surface area contributed by atoms with Gasteiger partial charge in [0, 0.05) is 25.4 Å². The minimum atomic E-state index is -0.0347. The summed E-state index contributed by atoms with van der Waals surface area (Å²) in [6.07, 6.45) is 1.73. The summed E-state index contributed by atoms with van der Waals surface area (Å²) in [5, 5.41) is 0. The van der Waals surface area contributed by atoms with E-state index in [2.05, 4.69) is 23.7 Å². The zero-order chi connectivity index (χ0) is 11.5. The van der Waals surface area contributed by atoms with Crippen LogP contribution >= 0.6 is 0 Å². The predicted molar refractivity (Wildman–Crippen MR) is 65.0 cm³/mol. The van der Waals surface area contributed by atoms with E-state index in [-0.39, 0.29) is 5.56 Å². The summed E-state index contributed by atoms with van der Waals surface area (Å²) in [5.41, 5.74) is 0.657. The number of anilines is 1. The fourth-order valence-electron chi connectivity index (χ4n) is 1.75. The Hall–Kier alpha value is -1.84. The van der Waals surface area contributed by atoms with Crippen LogP contribution in [0.25, 0.3) is 5.65 Å². The van der Waals surface area contributed by atoms with Crippen molar-refractivity contribution < 1.29 is 0 Å². The monoisotopic (exact) mass is 217 g/mol. The molecule has 2 rings (SSSR count). The van der Waals surface area contributed by atoms with E-state index in [1.54, 1.807) is 16.7 Å². The number of hydrogen-bond donors (Lipinski definition) is 0. The minimum Gasteiger partial charge on any atom is -0.357 e. The maximum absolute atomic E-state index is 11.8. The average Bonchev–Trinajstić information content (AvgIpc) is 2.31. The topological polar surface area (TPSA) is 37.6 Å². The van der Waals surface area contributed by atoms with Crippen molar-refractivity contribution in [2.75, 3.05) is 18.0 Å². The highest BCUT2D eigenvalue weighted by Gasteiger charge is 2.06. The minimum absolute atomic E-state index is 0.0347. The standard InChI is InChI=1S/C12H15N3O/c1-3-14(4-2)11-9-12(16)15-8-6-5-7-10(15)13-11/h5-9H,3-4H2,1-2H3. The molecule has 0 aliphatic carbocycles. The number of aromatic nitrogens is 2. The van der Waals surface area contributed by atoms with E-state index in [0.717, 1.165) is 18.9 Å². The van der Waals surface area contributed by atoms with Gasteiger partial charge >= 0.3 is 0 Å². The molecule has 2 aromatic heterocycles. The summed E-state index contributed by atoms with van der Waals surface area (Å²) in [5.74, 6) is 0.751. The van der Waals surface area contributed by atoms with Gasteiger partial charge in [-0.15, -0.1) is 0 Å². The van der Waals surface area contributed by atoms with Gasteiger partial charge in [-0.25, -0.2) is 4.98 Å². The summed E-state index contributed by atoms with van der Waals surface area (Å²) < 4.78 is 1.55. The maximum atomic E-state index is 11.8. The molecule has 16 heavy (non-hydrogen) atoms. The lowest BCUT2D eigenvalue weighted by atomic mass is 10.4. The molecule has 4 nitrogen and oxygen atoms in total. The van der Waals surface area contributed by atoms with E-state index >= 15 is 0 Å². The predicted octanol–water partition coefficient (Wildman–Crippen LogP) is 1.54. The fraction of sp³-hybridized carbons (Fsp3) is 0.333. The molecule has 4 heteroatoms. The van der Waals surface area contributed by atoms with E-state index in [9.17, 15) is 4.79 Å². The maximum Gasteiger partial charge on any atom is 0.259 e. The first-order valence-corrected chi connectivity index (χ1v) is 5.49. The second kappa shape index (κ2) is 4.35. The van der Waals surface area contributed by atoms with Gasteiger partial charge < -0.3 is 4.90 Å². The molecule has 84 valence electrons. The van der Waals surface area contributed by atoms with Crippen molar-refractivity contribution in [3.05, 3.63) is 40.8 Å². The molecule has 0 bridgehead atoms. The molecule has 0 unspecified atom stereocenters. The number of nitrogens with zero attached hydrogens (tertiary/aromatic N) is 3. The van der Waals surface area contributed by atoms with Gasteiger partial charge in [-0.1, -0.05) is 6.07 Å². The van der Waals surface area contributed by atoms with E-state index in [0.29, 0.717) is 5.65 Å². The molecule has 0 saturated heterocycles. The molecule has 0 saturated carbocycles. The second-order valence-corrected chi connectivity index (χ2v) is 3.55. The summed E-state index contributed by atoms with van der Waals surface area (Å²) in [6, 6.07) is 7.13. The Morgan fingerprint density at radius 1 is 1.31 bits per heavy atom. The molecule has 0 spiro atoms. The Morgan fingerprint density at radius 3 is 2.75 bits per heavy atom. The normalized spacial score (nSPS) is 10.6. The number of fused-ring (bicyclic) bond motifs is 1. The van der Waals surface area contributed by atoms with Crippen LogP contribution in [0.15, 0.2) is 35.3 Å². The SMILES string of the molecule is CCN(CC)c1cc(=O)n2ccccc2n1. The zero-order valence-electron chi connectivity index (χ0n) is 9.55. The van der Waals surface area contributed by atoms with Crippen LogP contribution in [0.1, 0.15) is 13.8 Å². The Kier molecular flexibility index (Phi) is 2.90. The quantitative estimate of drug-likeness (QED) is 0.782. The number of hydrogen-bond acceptors (Lipinski definition) is 3. The lowest BCUT2D eigenvalue weighted by Crippen LogP contribution is -2.26. The molecule has 0 aliphatic heterocycles. The summed E-state index contributed by atoms with van der Waals surface area (Å²) in [6.45, 7) is 5.81. The average molecular weight is 217 g/mol. The van der Waals surface area contributed by atoms with Gasteiger partial charge in [-0.2, -0.15) is 0 Å². The van der Waals surface area contributed by atoms with Crippen LogP contribution in [0, 0.1) is 0 Å². The van der Waals surface area contributed by atoms with Gasteiger partial charge in [-0.05, 0) is 26.0 Å². The third-order valence-corrected chi connectivity index (χ3v) is 2.64. The van der Waals surface area contributed by atoms with E-state index in [1.807, 2.05) is 18.2 Å². The second-order valence-electron chi connectivity index (χ2n) is 3.55. The third-order valence-electron chi connectivity index (χ3n) is 2.64. The Labute approximate surface area is 94.2 Å². The molecule has 0 aromatic carbocycles. The molecular formula is C12H15N3O. The highest BCUT2D eigenvalue weighted by Crippen LogP contribution is 2.08. The Balaban J connectivity index is 2.62. The van der Waals surface area contributed by atoms with Crippen molar-refractivity contribution in [3.8, 4) is 0 Å². The molecule has 0 amide bonds. The molecule has 2 heterocycles. The Bertz CT molecular complexity index is 543. The van der Waals surface area contributed by atoms with Gasteiger partial charge in [0.05, 0.1) is 0 Å². The van der Waals surface area contributed by atoms with Gasteiger partial charge in [0.1, 0.15) is 11.5 Å². The molecular weight excluding hydrogens is 202 g/mol. The van der Waals surface area contributed by atoms with Gasteiger partial charge in [-0.3, -0.25) is 9.20 Å². The van der Waals surface area contributed by atoms with Crippen LogP contribution in [0.2, 0.25) is 0 Å². The number of pyridine rings is 1. The largest absolute Gasteiger partial charge is 0.357 e. The smallest absolute Gasteiger partial charge is 0.259 e. The van der Waals surface area contributed by atoms with Crippen molar-refractivity contribution in [2.24, 2.45) is 0 Å². The van der Waals surface area contributed by atoms with Crippen LogP contribution < -0.4 is 10.5 Å².